The minimum Gasteiger partial charge on any atom is -0.207 e. The maximum atomic E-state index is 11.3. The third kappa shape index (κ3) is 2.65. The largest absolute Gasteiger partial charge is 0.262 e. The summed E-state index contributed by atoms with van der Waals surface area (Å²) in [5, 5.41) is 0. The van der Waals surface area contributed by atoms with Gasteiger partial charge in [0.1, 0.15) is 0 Å². The smallest absolute Gasteiger partial charge is 0.207 e. The van der Waals surface area contributed by atoms with Gasteiger partial charge in [0.25, 0.3) is 9.05 Å². The summed E-state index contributed by atoms with van der Waals surface area (Å²) in [6.45, 7) is 3.71. The molecule has 14 heavy (non-hydrogen) atoms. The lowest BCUT2D eigenvalue weighted by molar-refractivity contribution is 0.607. The first-order valence-electron chi connectivity index (χ1n) is 4.14. The third-order valence-corrected chi connectivity index (χ3v) is 4.28. The predicted octanol–water partition coefficient (Wildman–Crippen LogP) is 3.03. The molecule has 0 aromatic heterocycles. The van der Waals surface area contributed by atoms with E-state index in [9.17, 15) is 8.42 Å². The van der Waals surface area contributed by atoms with Gasteiger partial charge >= 0.3 is 0 Å². The number of benzene rings is 1. The van der Waals surface area contributed by atoms with E-state index in [1.807, 2.05) is 13.0 Å². The molecule has 0 aliphatic rings. The van der Waals surface area contributed by atoms with Gasteiger partial charge in [-0.15, -0.1) is 11.8 Å². The maximum absolute atomic E-state index is 11.3. The van der Waals surface area contributed by atoms with Crippen LogP contribution < -0.4 is 0 Å². The molecule has 0 saturated carbocycles. The standard InChI is InChI=1S/C9H11ClO2S2/c1-3-13-8-6-4-5-7(2)9(8)14(10,11)12/h4-6H,3H2,1-2H3. The van der Waals surface area contributed by atoms with Crippen LogP contribution in [0, 0.1) is 6.92 Å². The summed E-state index contributed by atoms with van der Waals surface area (Å²) in [6, 6.07) is 5.35. The summed E-state index contributed by atoms with van der Waals surface area (Å²) >= 11 is 1.48. The Labute approximate surface area is 93.1 Å². The lowest BCUT2D eigenvalue weighted by Crippen LogP contribution is -1.97. The molecule has 2 nitrogen and oxygen atoms in total. The van der Waals surface area contributed by atoms with Crippen LogP contribution in [-0.2, 0) is 9.05 Å². The second-order valence-electron chi connectivity index (χ2n) is 2.77. The predicted molar refractivity (Wildman–Crippen MR) is 60.6 cm³/mol. The quantitative estimate of drug-likeness (QED) is 0.611. The molecule has 0 amide bonds. The highest BCUT2D eigenvalue weighted by Crippen LogP contribution is 2.31. The summed E-state index contributed by atoms with van der Waals surface area (Å²) < 4.78 is 22.6. The topological polar surface area (TPSA) is 34.1 Å². The van der Waals surface area contributed by atoms with E-state index < -0.39 is 9.05 Å². The van der Waals surface area contributed by atoms with Crippen molar-refractivity contribution in [3.8, 4) is 0 Å². The molecule has 0 bridgehead atoms. The van der Waals surface area contributed by atoms with Crippen molar-refractivity contribution in [2.45, 2.75) is 23.6 Å². The Kier molecular flexibility index (Phi) is 3.86. The van der Waals surface area contributed by atoms with Crippen LogP contribution in [0.5, 0.6) is 0 Å². The van der Waals surface area contributed by atoms with Crippen molar-refractivity contribution in [1.29, 1.82) is 0 Å². The molecule has 1 aromatic rings. The average Bonchev–Trinajstić information content (AvgIpc) is 2.02. The van der Waals surface area contributed by atoms with Crippen LogP contribution in [0.3, 0.4) is 0 Å². The van der Waals surface area contributed by atoms with Crippen molar-refractivity contribution in [2.75, 3.05) is 5.75 Å². The van der Waals surface area contributed by atoms with Crippen LogP contribution in [-0.4, -0.2) is 14.2 Å². The van der Waals surface area contributed by atoms with E-state index in [0.717, 1.165) is 10.6 Å². The molecule has 0 fully saturated rings. The first-order valence-corrected chi connectivity index (χ1v) is 7.43. The number of halogens is 1. The molecular weight excluding hydrogens is 240 g/mol. The summed E-state index contributed by atoms with van der Waals surface area (Å²) in [7, 11) is 1.73. The zero-order valence-electron chi connectivity index (χ0n) is 7.95. The minimum absolute atomic E-state index is 0.244. The molecule has 0 atom stereocenters. The van der Waals surface area contributed by atoms with E-state index in [4.69, 9.17) is 10.7 Å². The van der Waals surface area contributed by atoms with Gasteiger partial charge in [-0.25, -0.2) is 8.42 Å². The molecule has 0 N–H and O–H groups in total. The Balaban J connectivity index is 3.37. The van der Waals surface area contributed by atoms with Crippen molar-refractivity contribution in [1.82, 2.24) is 0 Å². The highest BCUT2D eigenvalue weighted by molar-refractivity contribution is 8.14. The van der Waals surface area contributed by atoms with Crippen LogP contribution in [0.2, 0.25) is 0 Å². The number of aryl methyl sites for hydroxylation is 1. The second-order valence-corrected chi connectivity index (χ2v) is 6.58. The van der Waals surface area contributed by atoms with E-state index in [0.29, 0.717) is 5.56 Å². The lowest BCUT2D eigenvalue weighted by atomic mass is 10.2. The van der Waals surface area contributed by atoms with Crippen LogP contribution >= 0.6 is 22.4 Å². The van der Waals surface area contributed by atoms with Crippen LogP contribution in [0.25, 0.3) is 0 Å². The number of thioether (sulfide) groups is 1. The fourth-order valence-corrected chi connectivity index (χ4v) is 4.00. The van der Waals surface area contributed by atoms with Gasteiger partial charge in [0, 0.05) is 15.6 Å². The van der Waals surface area contributed by atoms with E-state index in [1.54, 1.807) is 19.1 Å². The van der Waals surface area contributed by atoms with E-state index in [2.05, 4.69) is 0 Å². The Morgan fingerprint density at radius 2 is 2.07 bits per heavy atom. The minimum atomic E-state index is -3.63. The van der Waals surface area contributed by atoms with Crippen molar-refractivity contribution < 1.29 is 8.42 Å². The Hall–Kier alpha value is -0.190. The summed E-state index contributed by atoms with van der Waals surface area (Å²) in [6.07, 6.45) is 0. The first-order chi connectivity index (χ1) is 6.46. The molecule has 0 aliphatic heterocycles. The monoisotopic (exact) mass is 250 g/mol. The van der Waals surface area contributed by atoms with Gasteiger partial charge in [0.15, 0.2) is 0 Å². The molecule has 0 spiro atoms. The fourth-order valence-electron chi connectivity index (χ4n) is 1.21. The molecule has 5 heteroatoms. The molecule has 0 saturated heterocycles. The van der Waals surface area contributed by atoms with E-state index >= 15 is 0 Å². The normalized spacial score (nSPS) is 11.6. The molecule has 0 heterocycles. The van der Waals surface area contributed by atoms with Crippen LogP contribution in [0.1, 0.15) is 12.5 Å². The van der Waals surface area contributed by atoms with Gasteiger partial charge < -0.3 is 0 Å². The molecule has 0 radical (unpaired) electrons. The molecule has 0 unspecified atom stereocenters. The highest BCUT2D eigenvalue weighted by atomic mass is 35.7. The second kappa shape index (κ2) is 4.55. The van der Waals surface area contributed by atoms with Crippen molar-refractivity contribution in [3.63, 3.8) is 0 Å². The zero-order chi connectivity index (χ0) is 10.8. The summed E-state index contributed by atoms with van der Waals surface area (Å²) in [4.78, 5) is 0.969. The van der Waals surface area contributed by atoms with Gasteiger partial charge in [-0.2, -0.15) is 0 Å². The van der Waals surface area contributed by atoms with E-state index in [1.165, 1.54) is 11.8 Å². The highest BCUT2D eigenvalue weighted by Gasteiger charge is 2.17. The summed E-state index contributed by atoms with van der Waals surface area (Å²) in [5.74, 6) is 0.822. The maximum Gasteiger partial charge on any atom is 0.262 e. The molecule has 1 aromatic carbocycles. The summed E-state index contributed by atoms with van der Waals surface area (Å²) in [5.41, 5.74) is 0.693. The first kappa shape index (κ1) is 11.9. The van der Waals surface area contributed by atoms with Crippen LogP contribution in [0.15, 0.2) is 28.0 Å². The molecular formula is C9H11ClO2S2. The third-order valence-electron chi connectivity index (χ3n) is 1.72. The van der Waals surface area contributed by atoms with Gasteiger partial charge in [-0.1, -0.05) is 19.1 Å². The van der Waals surface area contributed by atoms with Gasteiger partial charge in [0.05, 0.1) is 4.90 Å². The number of rotatable bonds is 3. The number of hydrogen-bond donors (Lipinski definition) is 0. The van der Waals surface area contributed by atoms with Gasteiger partial charge in [0.2, 0.25) is 0 Å². The SMILES string of the molecule is CCSc1cccc(C)c1S(=O)(=O)Cl. The van der Waals surface area contributed by atoms with Crippen molar-refractivity contribution >= 4 is 31.5 Å². The molecule has 78 valence electrons. The Morgan fingerprint density at radius 3 is 2.57 bits per heavy atom. The number of hydrogen-bond acceptors (Lipinski definition) is 3. The Bertz CT molecular complexity index is 426. The Morgan fingerprint density at radius 1 is 1.43 bits per heavy atom. The zero-order valence-corrected chi connectivity index (χ0v) is 10.3. The van der Waals surface area contributed by atoms with Gasteiger partial charge in [-0.3, -0.25) is 0 Å². The van der Waals surface area contributed by atoms with Gasteiger partial charge in [-0.05, 0) is 24.3 Å². The molecule has 0 aliphatic carbocycles. The van der Waals surface area contributed by atoms with Crippen LogP contribution in [0.4, 0.5) is 0 Å². The lowest BCUT2D eigenvalue weighted by Gasteiger charge is -2.07. The average molecular weight is 251 g/mol. The molecule has 1 rings (SSSR count). The van der Waals surface area contributed by atoms with E-state index in [-0.39, 0.29) is 4.90 Å². The van der Waals surface area contributed by atoms with Crippen molar-refractivity contribution in [3.05, 3.63) is 23.8 Å². The van der Waals surface area contributed by atoms with Crippen molar-refractivity contribution in [2.24, 2.45) is 0 Å². The fraction of sp³-hybridized carbons (Fsp3) is 0.333.